The van der Waals surface area contributed by atoms with Crippen LogP contribution < -0.4 is 0 Å². The summed E-state index contributed by atoms with van der Waals surface area (Å²) in [6.45, 7) is 8.00. The molecule has 0 saturated heterocycles. The highest BCUT2D eigenvalue weighted by Crippen LogP contribution is 2.24. The molecular weight excluding hydrogens is 308 g/mol. The topological polar surface area (TPSA) is 46.4 Å². The van der Waals surface area contributed by atoms with E-state index in [1.165, 1.54) is 6.07 Å². The zero-order valence-corrected chi connectivity index (χ0v) is 14.1. The van der Waals surface area contributed by atoms with Crippen LogP contribution in [0.25, 0.3) is 6.08 Å². The molecule has 0 spiro atoms. The Morgan fingerprint density at radius 3 is 2.16 bits per heavy atom. The molecule has 0 bridgehead atoms. The van der Waals surface area contributed by atoms with Gasteiger partial charge in [-0.3, -0.25) is 10.1 Å². The van der Waals surface area contributed by atoms with Gasteiger partial charge in [0.1, 0.15) is 0 Å². The van der Waals surface area contributed by atoms with Crippen molar-refractivity contribution in [1.29, 1.82) is 0 Å². The predicted octanol–water partition coefficient (Wildman–Crippen LogP) is 4.94. The number of nitro groups is 1. The molecule has 0 N–H and O–H groups in total. The molecule has 0 radical (unpaired) electrons. The van der Waals surface area contributed by atoms with E-state index in [0.29, 0.717) is 10.0 Å². The lowest BCUT2D eigenvalue weighted by Crippen LogP contribution is -2.00. The van der Waals surface area contributed by atoms with Crippen LogP contribution in [-0.2, 0) is 0 Å². The van der Waals surface area contributed by atoms with Crippen molar-refractivity contribution in [3.63, 3.8) is 0 Å². The lowest BCUT2D eigenvalue weighted by molar-refractivity contribution is -0.385. The molecule has 108 valence electrons. The van der Waals surface area contributed by atoms with Crippen molar-refractivity contribution in [3.05, 3.63) is 44.5 Å². The van der Waals surface area contributed by atoms with Crippen LogP contribution in [0.3, 0.4) is 0 Å². The van der Waals surface area contributed by atoms with Gasteiger partial charge in [0.15, 0.2) is 0 Å². The van der Waals surface area contributed by atoms with Crippen LogP contribution in [-0.4, -0.2) is 23.9 Å². The fourth-order valence-electron chi connectivity index (χ4n) is 1.05. The molecule has 0 atom stereocenters. The minimum absolute atomic E-state index is 0.0995. The van der Waals surface area contributed by atoms with Gasteiger partial charge in [0.2, 0.25) is 0 Å². The second-order valence-corrected chi connectivity index (χ2v) is 4.16. The number of benzene rings is 1. The molecule has 0 aliphatic rings. The summed E-state index contributed by atoms with van der Waals surface area (Å²) in [6.07, 6.45) is 3.49. The van der Waals surface area contributed by atoms with E-state index in [4.69, 9.17) is 0 Å². The second kappa shape index (κ2) is 11.7. The quantitative estimate of drug-likeness (QED) is 0.582. The van der Waals surface area contributed by atoms with E-state index in [-0.39, 0.29) is 10.6 Å². The fraction of sp³-hybridized carbons (Fsp3) is 0.429. The third-order valence-electron chi connectivity index (χ3n) is 1.74. The zero-order valence-electron chi connectivity index (χ0n) is 12.5. The van der Waals surface area contributed by atoms with Gasteiger partial charge in [-0.1, -0.05) is 43.6 Å². The van der Waals surface area contributed by atoms with E-state index in [1.54, 1.807) is 24.4 Å². The highest BCUT2D eigenvalue weighted by molar-refractivity contribution is 9.10. The van der Waals surface area contributed by atoms with Crippen molar-refractivity contribution >= 4 is 27.7 Å². The molecule has 0 aliphatic carbocycles. The lowest BCUT2D eigenvalue weighted by atomic mass is 10.2. The SMILES string of the molecule is CC.CC.CN(C)/C=C/c1ccc(Br)cc1[N+](=O)[O-]. The maximum Gasteiger partial charge on any atom is 0.277 e. The summed E-state index contributed by atoms with van der Waals surface area (Å²) >= 11 is 3.21. The van der Waals surface area contributed by atoms with Gasteiger partial charge < -0.3 is 4.90 Å². The Bertz CT molecular complexity index is 404. The molecular formula is C14H23BrN2O2. The van der Waals surface area contributed by atoms with Gasteiger partial charge in [0, 0.05) is 24.6 Å². The Balaban J connectivity index is 0. The van der Waals surface area contributed by atoms with Crippen molar-refractivity contribution in [2.75, 3.05) is 14.1 Å². The molecule has 0 amide bonds. The minimum Gasteiger partial charge on any atom is -0.383 e. The largest absolute Gasteiger partial charge is 0.383 e. The van der Waals surface area contributed by atoms with Gasteiger partial charge in [-0.25, -0.2) is 0 Å². The van der Waals surface area contributed by atoms with Crippen LogP contribution in [0.5, 0.6) is 0 Å². The number of nitro benzene ring substituents is 1. The van der Waals surface area contributed by atoms with Crippen molar-refractivity contribution in [2.24, 2.45) is 0 Å². The first-order valence-corrected chi connectivity index (χ1v) is 7.08. The van der Waals surface area contributed by atoms with E-state index in [9.17, 15) is 10.1 Å². The summed E-state index contributed by atoms with van der Waals surface area (Å²) in [7, 11) is 3.72. The Morgan fingerprint density at radius 1 is 1.21 bits per heavy atom. The van der Waals surface area contributed by atoms with Gasteiger partial charge in [0.05, 0.1) is 10.5 Å². The average molecular weight is 331 g/mol. The average Bonchev–Trinajstić information content (AvgIpc) is 2.41. The molecule has 1 rings (SSSR count). The van der Waals surface area contributed by atoms with Crippen molar-refractivity contribution in [3.8, 4) is 0 Å². The van der Waals surface area contributed by atoms with Crippen LogP contribution in [0.15, 0.2) is 28.9 Å². The maximum absolute atomic E-state index is 10.8. The van der Waals surface area contributed by atoms with E-state index < -0.39 is 0 Å². The molecule has 1 aromatic rings. The molecule has 0 heterocycles. The summed E-state index contributed by atoms with van der Waals surface area (Å²) in [5.41, 5.74) is 0.694. The smallest absolute Gasteiger partial charge is 0.277 e. The van der Waals surface area contributed by atoms with Crippen LogP contribution in [0.4, 0.5) is 5.69 Å². The van der Waals surface area contributed by atoms with Crippen molar-refractivity contribution in [1.82, 2.24) is 4.90 Å². The van der Waals surface area contributed by atoms with Crippen LogP contribution >= 0.6 is 15.9 Å². The second-order valence-electron chi connectivity index (χ2n) is 3.24. The van der Waals surface area contributed by atoms with Crippen LogP contribution in [0.2, 0.25) is 0 Å². The Morgan fingerprint density at radius 2 is 1.74 bits per heavy atom. The highest BCUT2D eigenvalue weighted by atomic mass is 79.9. The van der Waals surface area contributed by atoms with E-state index in [0.717, 1.165) is 0 Å². The summed E-state index contributed by atoms with van der Waals surface area (Å²) in [4.78, 5) is 12.2. The Labute approximate surface area is 124 Å². The van der Waals surface area contributed by atoms with Gasteiger partial charge in [-0.2, -0.15) is 0 Å². The molecule has 0 aliphatic heterocycles. The summed E-state index contributed by atoms with van der Waals surface area (Å²) < 4.78 is 0.705. The summed E-state index contributed by atoms with van der Waals surface area (Å²) in [5.74, 6) is 0. The highest BCUT2D eigenvalue weighted by Gasteiger charge is 2.11. The number of rotatable bonds is 3. The van der Waals surface area contributed by atoms with Gasteiger partial charge >= 0.3 is 0 Å². The van der Waals surface area contributed by atoms with Crippen molar-refractivity contribution in [2.45, 2.75) is 27.7 Å². The summed E-state index contributed by atoms with van der Waals surface area (Å²) in [5, 5.41) is 10.8. The van der Waals surface area contributed by atoms with Gasteiger partial charge in [0.25, 0.3) is 5.69 Å². The molecule has 0 aromatic heterocycles. The van der Waals surface area contributed by atoms with Gasteiger partial charge in [-0.05, 0) is 24.4 Å². The molecule has 4 nitrogen and oxygen atoms in total. The maximum atomic E-state index is 10.8. The number of hydrogen-bond donors (Lipinski definition) is 0. The fourth-order valence-corrected chi connectivity index (χ4v) is 1.39. The molecule has 0 saturated carbocycles. The minimum atomic E-state index is -0.389. The molecule has 5 heteroatoms. The lowest BCUT2D eigenvalue weighted by Gasteiger charge is -2.03. The first kappa shape index (κ1) is 20.0. The predicted molar refractivity (Wildman–Crippen MR) is 86.2 cm³/mol. The molecule has 0 fully saturated rings. The number of hydrogen-bond acceptors (Lipinski definition) is 3. The third-order valence-corrected chi connectivity index (χ3v) is 2.23. The van der Waals surface area contributed by atoms with Crippen molar-refractivity contribution < 1.29 is 4.92 Å². The Kier molecular flexibility index (Phi) is 12.3. The zero-order chi connectivity index (χ0) is 15.4. The Hall–Kier alpha value is -1.36. The normalized spacial score (nSPS) is 9.00. The molecule has 0 unspecified atom stereocenters. The monoisotopic (exact) mass is 330 g/mol. The van der Waals surface area contributed by atoms with E-state index >= 15 is 0 Å². The third kappa shape index (κ3) is 8.37. The first-order valence-electron chi connectivity index (χ1n) is 6.29. The number of nitrogens with zero attached hydrogens (tertiary/aromatic N) is 2. The first-order chi connectivity index (χ1) is 9.00. The van der Waals surface area contributed by atoms with Gasteiger partial charge in [-0.15, -0.1) is 0 Å². The molecule has 1 aromatic carbocycles. The standard InChI is InChI=1S/C10H11BrN2O2.2C2H6/c1-12(2)6-5-8-3-4-9(11)7-10(8)13(14)15;2*1-2/h3-7H,1-2H3;2*1-2H3/b6-5+;;. The number of halogens is 1. The van der Waals surface area contributed by atoms with E-state index in [1.807, 2.05) is 46.7 Å². The van der Waals surface area contributed by atoms with Crippen LogP contribution in [0, 0.1) is 10.1 Å². The van der Waals surface area contributed by atoms with E-state index in [2.05, 4.69) is 15.9 Å². The summed E-state index contributed by atoms with van der Waals surface area (Å²) in [6, 6.07) is 4.99. The molecule has 19 heavy (non-hydrogen) atoms. The van der Waals surface area contributed by atoms with Crippen LogP contribution in [0.1, 0.15) is 33.3 Å².